The van der Waals surface area contributed by atoms with E-state index in [0.717, 1.165) is 12.8 Å². The van der Waals surface area contributed by atoms with Gasteiger partial charge in [0.1, 0.15) is 11.5 Å². The second-order valence-corrected chi connectivity index (χ2v) is 7.92. The van der Waals surface area contributed by atoms with Crippen molar-refractivity contribution in [1.29, 1.82) is 0 Å². The van der Waals surface area contributed by atoms with E-state index in [1.807, 2.05) is 0 Å². The van der Waals surface area contributed by atoms with Gasteiger partial charge in [-0.05, 0) is 50.3 Å². The maximum absolute atomic E-state index is 11.9. The number of benzene rings is 1. The molecule has 0 aromatic heterocycles. The molecule has 0 unspecified atom stereocenters. The molecular weight excluding hydrogens is 362 g/mol. The lowest BCUT2D eigenvalue weighted by molar-refractivity contribution is -0.120. The number of carbonyl (C=O) groups is 1. The SMILES string of the molecule is CCCCCCCC/C=C/CCCCCCCNC(=O)Cc1cc(O)ccc1O. The number of carbonyl (C=O) groups excluding carboxylic acids is 1. The van der Waals surface area contributed by atoms with Gasteiger partial charge in [0.2, 0.25) is 5.91 Å². The van der Waals surface area contributed by atoms with E-state index in [-0.39, 0.29) is 23.8 Å². The summed E-state index contributed by atoms with van der Waals surface area (Å²) in [7, 11) is 0. The predicted molar refractivity (Wildman–Crippen MR) is 121 cm³/mol. The Hall–Kier alpha value is -1.97. The number of amides is 1. The van der Waals surface area contributed by atoms with Crippen molar-refractivity contribution >= 4 is 5.91 Å². The van der Waals surface area contributed by atoms with Crippen molar-refractivity contribution in [1.82, 2.24) is 5.32 Å². The van der Waals surface area contributed by atoms with Crippen molar-refractivity contribution in [3.63, 3.8) is 0 Å². The summed E-state index contributed by atoms with van der Waals surface area (Å²) < 4.78 is 0. The van der Waals surface area contributed by atoms with E-state index in [0.29, 0.717) is 12.1 Å². The molecule has 0 aliphatic rings. The van der Waals surface area contributed by atoms with Gasteiger partial charge in [-0.3, -0.25) is 4.79 Å². The van der Waals surface area contributed by atoms with Crippen molar-refractivity contribution in [3.05, 3.63) is 35.9 Å². The van der Waals surface area contributed by atoms with E-state index >= 15 is 0 Å². The Labute approximate surface area is 177 Å². The number of allylic oxidation sites excluding steroid dienone is 2. The Morgan fingerprint density at radius 1 is 0.862 bits per heavy atom. The minimum absolute atomic E-state index is 0.0407. The summed E-state index contributed by atoms with van der Waals surface area (Å²) in [6.07, 6.45) is 21.2. The molecule has 3 N–H and O–H groups in total. The molecule has 0 fully saturated rings. The summed E-state index contributed by atoms with van der Waals surface area (Å²) in [5.41, 5.74) is 0.451. The Balaban J connectivity index is 1.90. The monoisotopic (exact) mass is 403 g/mol. The molecule has 0 bridgehead atoms. The van der Waals surface area contributed by atoms with Crippen LogP contribution in [0.4, 0.5) is 0 Å². The van der Waals surface area contributed by atoms with Gasteiger partial charge in [0.25, 0.3) is 0 Å². The molecule has 0 atom stereocenters. The summed E-state index contributed by atoms with van der Waals surface area (Å²) in [4.78, 5) is 11.9. The van der Waals surface area contributed by atoms with Crippen molar-refractivity contribution in [2.24, 2.45) is 0 Å². The lowest BCUT2D eigenvalue weighted by Gasteiger charge is -2.07. The van der Waals surface area contributed by atoms with Gasteiger partial charge in [0.05, 0.1) is 6.42 Å². The topological polar surface area (TPSA) is 69.6 Å². The van der Waals surface area contributed by atoms with Gasteiger partial charge in [0.15, 0.2) is 0 Å². The van der Waals surface area contributed by atoms with Crippen molar-refractivity contribution in [2.75, 3.05) is 6.54 Å². The van der Waals surface area contributed by atoms with Gasteiger partial charge >= 0.3 is 0 Å². The summed E-state index contributed by atoms with van der Waals surface area (Å²) in [6.45, 7) is 2.92. The Kier molecular flexibility index (Phi) is 14.6. The van der Waals surface area contributed by atoms with Crippen LogP contribution >= 0.6 is 0 Å². The number of phenolic OH excluding ortho intramolecular Hbond substituents is 2. The number of rotatable bonds is 17. The third-order valence-corrected chi connectivity index (χ3v) is 5.17. The van der Waals surface area contributed by atoms with E-state index in [2.05, 4.69) is 24.4 Å². The quantitative estimate of drug-likeness (QED) is 0.160. The van der Waals surface area contributed by atoms with E-state index in [9.17, 15) is 15.0 Å². The highest BCUT2D eigenvalue weighted by Gasteiger charge is 2.08. The van der Waals surface area contributed by atoms with E-state index in [1.54, 1.807) is 0 Å². The van der Waals surface area contributed by atoms with Gasteiger partial charge in [-0.25, -0.2) is 0 Å². The highest BCUT2D eigenvalue weighted by molar-refractivity contribution is 5.79. The molecule has 4 heteroatoms. The lowest BCUT2D eigenvalue weighted by Crippen LogP contribution is -2.26. The number of aromatic hydroxyl groups is 2. The number of phenols is 2. The minimum Gasteiger partial charge on any atom is -0.508 e. The van der Waals surface area contributed by atoms with Crippen molar-refractivity contribution < 1.29 is 15.0 Å². The fourth-order valence-corrected chi connectivity index (χ4v) is 3.37. The predicted octanol–water partition coefficient (Wildman–Crippen LogP) is 6.40. The molecule has 29 heavy (non-hydrogen) atoms. The van der Waals surface area contributed by atoms with Crippen LogP contribution in [-0.2, 0) is 11.2 Å². The van der Waals surface area contributed by atoms with Gasteiger partial charge in [-0.15, -0.1) is 0 Å². The van der Waals surface area contributed by atoms with Gasteiger partial charge in [-0.1, -0.05) is 70.4 Å². The average molecular weight is 404 g/mol. The molecule has 0 saturated heterocycles. The number of unbranched alkanes of at least 4 members (excludes halogenated alkanes) is 11. The van der Waals surface area contributed by atoms with Crippen LogP contribution in [0.1, 0.15) is 96.0 Å². The number of nitrogens with one attached hydrogen (secondary N) is 1. The van der Waals surface area contributed by atoms with E-state index in [1.165, 1.54) is 88.8 Å². The second kappa shape index (κ2) is 16.9. The van der Waals surface area contributed by atoms with Crippen molar-refractivity contribution in [2.45, 2.75) is 96.8 Å². The Morgan fingerprint density at radius 3 is 2.10 bits per heavy atom. The highest BCUT2D eigenvalue weighted by atomic mass is 16.3. The first kappa shape index (κ1) is 25.1. The summed E-state index contributed by atoms with van der Waals surface area (Å²) in [5.74, 6) is -0.0248. The summed E-state index contributed by atoms with van der Waals surface area (Å²) >= 11 is 0. The minimum atomic E-state index is -0.124. The maximum Gasteiger partial charge on any atom is 0.224 e. The van der Waals surface area contributed by atoms with Crippen LogP contribution < -0.4 is 5.32 Å². The zero-order valence-electron chi connectivity index (χ0n) is 18.3. The van der Waals surface area contributed by atoms with Crippen LogP contribution in [-0.4, -0.2) is 22.7 Å². The molecule has 1 aromatic carbocycles. The van der Waals surface area contributed by atoms with Crippen LogP contribution in [0.15, 0.2) is 30.4 Å². The maximum atomic E-state index is 11.9. The van der Waals surface area contributed by atoms with E-state index in [4.69, 9.17) is 0 Å². The second-order valence-electron chi connectivity index (χ2n) is 7.92. The molecule has 164 valence electrons. The third kappa shape index (κ3) is 13.8. The molecule has 0 aliphatic heterocycles. The zero-order valence-corrected chi connectivity index (χ0v) is 18.3. The molecule has 1 rings (SSSR count). The average Bonchev–Trinajstić information content (AvgIpc) is 2.70. The highest BCUT2D eigenvalue weighted by Crippen LogP contribution is 2.22. The molecule has 1 aromatic rings. The van der Waals surface area contributed by atoms with Crippen LogP contribution in [0.25, 0.3) is 0 Å². The third-order valence-electron chi connectivity index (χ3n) is 5.17. The summed E-state index contributed by atoms with van der Waals surface area (Å²) in [5, 5.41) is 22.0. The fourth-order valence-electron chi connectivity index (χ4n) is 3.37. The molecule has 4 nitrogen and oxygen atoms in total. The molecule has 1 amide bonds. The summed E-state index contributed by atoms with van der Waals surface area (Å²) in [6, 6.07) is 4.24. The largest absolute Gasteiger partial charge is 0.508 e. The first-order valence-corrected chi connectivity index (χ1v) is 11.6. The first-order chi connectivity index (χ1) is 14.1. The molecule has 0 heterocycles. The van der Waals surface area contributed by atoms with Gasteiger partial charge < -0.3 is 15.5 Å². The first-order valence-electron chi connectivity index (χ1n) is 11.6. The van der Waals surface area contributed by atoms with Crippen LogP contribution in [0.5, 0.6) is 11.5 Å². The van der Waals surface area contributed by atoms with Crippen LogP contribution in [0.3, 0.4) is 0 Å². The molecule has 0 saturated carbocycles. The number of hydrogen-bond donors (Lipinski definition) is 3. The Bertz CT molecular complexity index is 583. The standard InChI is InChI=1S/C25H41NO3/c1-2-3-4-5-6-7-8-9-10-11-12-13-14-15-16-19-26-25(29)21-22-20-23(27)17-18-24(22)28/h9-10,17-18,20,27-28H,2-8,11-16,19,21H2,1H3,(H,26,29)/b10-9+. The Morgan fingerprint density at radius 2 is 1.45 bits per heavy atom. The van der Waals surface area contributed by atoms with Crippen LogP contribution in [0, 0.1) is 0 Å². The van der Waals surface area contributed by atoms with Gasteiger partial charge in [-0.2, -0.15) is 0 Å². The van der Waals surface area contributed by atoms with E-state index < -0.39 is 0 Å². The van der Waals surface area contributed by atoms with Crippen LogP contribution in [0.2, 0.25) is 0 Å². The molecular formula is C25H41NO3. The normalized spacial score (nSPS) is 11.2. The van der Waals surface area contributed by atoms with Crippen molar-refractivity contribution in [3.8, 4) is 11.5 Å². The molecule has 0 radical (unpaired) electrons. The molecule has 0 aliphatic carbocycles. The molecule has 0 spiro atoms. The smallest absolute Gasteiger partial charge is 0.224 e. The zero-order chi connectivity index (χ0) is 21.2. The van der Waals surface area contributed by atoms with Gasteiger partial charge in [0, 0.05) is 12.1 Å². The number of hydrogen-bond acceptors (Lipinski definition) is 3. The fraction of sp³-hybridized carbons (Fsp3) is 0.640. The lowest BCUT2D eigenvalue weighted by atomic mass is 10.1.